The van der Waals surface area contributed by atoms with Gasteiger partial charge in [0, 0.05) is 44.3 Å². The van der Waals surface area contributed by atoms with Crippen molar-refractivity contribution in [1.29, 1.82) is 0 Å². The van der Waals surface area contributed by atoms with Gasteiger partial charge in [-0.25, -0.2) is 4.99 Å². The van der Waals surface area contributed by atoms with Gasteiger partial charge in [0.1, 0.15) is 0 Å². The molecule has 1 amide bonds. The lowest BCUT2D eigenvalue weighted by molar-refractivity contribution is -0.122. The minimum atomic E-state index is 0. The van der Waals surface area contributed by atoms with E-state index < -0.39 is 0 Å². The number of aliphatic imine (C=N–C) groups is 1. The summed E-state index contributed by atoms with van der Waals surface area (Å²) in [5, 5.41) is 9.53. The molecular formula is C20H32IN5O2. The number of para-hydroxylation sites is 1. The molecule has 0 aromatic heterocycles. The molecule has 1 aliphatic heterocycles. The Morgan fingerprint density at radius 3 is 2.57 bits per heavy atom. The number of amides is 1. The lowest BCUT2D eigenvalue weighted by atomic mass is 10.1. The van der Waals surface area contributed by atoms with Crippen LogP contribution in [0, 0.1) is 5.92 Å². The van der Waals surface area contributed by atoms with Crippen LogP contribution in [0.25, 0.3) is 0 Å². The fraction of sp³-hybridized carbons (Fsp3) is 0.600. The molecule has 8 heteroatoms. The molecule has 3 rings (SSSR count). The van der Waals surface area contributed by atoms with Crippen LogP contribution in [0.5, 0.6) is 0 Å². The van der Waals surface area contributed by atoms with Gasteiger partial charge in [0.25, 0.3) is 0 Å². The largest absolute Gasteiger partial charge is 0.378 e. The van der Waals surface area contributed by atoms with Gasteiger partial charge in [-0.3, -0.25) is 4.79 Å². The quantitative estimate of drug-likeness (QED) is 0.219. The van der Waals surface area contributed by atoms with Gasteiger partial charge in [-0.1, -0.05) is 18.2 Å². The predicted molar refractivity (Wildman–Crippen MR) is 123 cm³/mol. The van der Waals surface area contributed by atoms with Crippen LogP contribution in [0.15, 0.2) is 29.3 Å². The van der Waals surface area contributed by atoms with Crippen molar-refractivity contribution in [2.75, 3.05) is 50.8 Å². The maximum Gasteiger partial charge on any atom is 0.223 e. The van der Waals surface area contributed by atoms with E-state index >= 15 is 0 Å². The number of halogens is 1. The average molecular weight is 501 g/mol. The molecule has 3 N–H and O–H groups in total. The molecule has 2 aliphatic rings. The Morgan fingerprint density at radius 1 is 1.14 bits per heavy atom. The molecule has 7 nitrogen and oxygen atoms in total. The van der Waals surface area contributed by atoms with Crippen molar-refractivity contribution in [3.63, 3.8) is 0 Å². The molecule has 156 valence electrons. The number of nitrogens with zero attached hydrogens (tertiary/aromatic N) is 2. The van der Waals surface area contributed by atoms with E-state index in [0.717, 1.165) is 51.6 Å². The summed E-state index contributed by atoms with van der Waals surface area (Å²) in [6.45, 7) is 8.11. The number of hydrogen-bond acceptors (Lipinski definition) is 4. The van der Waals surface area contributed by atoms with E-state index in [-0.39, 0.29) is 35.8 Å². The molecule has 0 unspecified atom stereocenters. The van der Waals surface area contributed by atoms with Gasteiger partial charge in [0.2, 0.25) is 5.91 Å². The van der Waals surface area contributed by atoms with Crippen LogP contribution >= 0.6 is 24.0 Å². The second kappa shape index (κ2) is 12.1. The number of anilines is 1. The van der Waals surface area contributed by atoms with Gasteiger partial charge >= 0.3 is 0 Å². The van der Waals surface area contributed by atoms with Gasteiger partial charge in [-0.05, 0) is 31.4 Å². The molecule has 1 aliphatic carbocycles. The van der Waals surface area contributed by atoms with Gasteiger partial charge in [0.15, 0.2) is 5.96 Å². The van der Waals surface area contributed by atoms with E-state index in [4.69, 9.17) is 9.73 Å². The minimum absolute atomic E-state index is 0. The zero-order chi connectivity index (χ0) is 18.9. The van der Waals surface area contributed by atoms with Crippen LogP contribution in [0.1, 0.15) is 25.3 Å². The number of guanidine groups is 1. The summed E-state index contributed by atoms with van der Waals surface area (Å²) in [5.74, 6) is 1.21. The molecule has 0 spiro atoms. The average Bonchev–Trinajstić information content (AvgIpc) is 3.55. The zero-order valence-electron chi connectivity index (χ0n) is 16.6. The second-order valence-electron chi connectivity index (χ2n) is 6.92. The first-order chi connectivity index (χ1) is 13.3. The third-order valence-corrected chi connectivity index (χ3v) is 4.76. The normalized spacial score (nSPS) is 16.9. The van der Waals surface area contributed by atoms with E-state index in [1.807, 2.05) is 6.92 Å². The third kappa shape index (κ3) is 7.12. The van der Waals surface area contributed by atoms with E-state index in [1.165, 1.54) is 11.3 Å². The third-order valence-electron chi connectivity index (χ3n) is 4.76. The Morgan fingerprint density at radius 2 is 1.86 bits per heavy atom. The predicted octanol–water partition coefficient (Wildman–Crippen LogP) is 1.72. The number of hydrogen-bond donors (Lipinski definition) is 3. The highest BCUT2D eigenvalue weighted by Crippen LogP contribution is 2.28. The Hall–Kier alpha value is -1.55. The van der Waals surface area contributed by atoms with E-state index in [2.05, 4.69) is 45.1 Å². The van der Waals surface area contributed by atoms with Gasteiger partial charge in [-0.2, -0.15) is 0 Å². The van der Waals surface area contributed by atoms with Crippen molar-refractivity contribution < 1.29 is 9.53 Å². The summed E-state index contributed by atoms with van der Waals surface area (Å²) in [5.41, 5.74) is 2.44. The van der Waals surface area contributed by atoms with Crippen molar-refractivity contribution in [1.82, 2.24) is 16.0 Å². The standard InChI is InChI=1S/C20H31N5O2.HI/c1-2-21-20(23-10-9-22-19(26)16-7-8-16)24-15-17-5-3-4-6-18(17)25-11-13-27-14-12-25;/h3-6,16H,2,7-15H2,1H3,(H,22,26)(H2,21,23,24);1H. The maximum absolute atomic E-state index is 11.7. The van der Waals surface area contributed by atoms with Crippen LogP contribution in [-0.4, -0.2) is 57.8 Å². The first-order valence-electron chi connectivity index (χ1n) is 9.98. The first-order valence-corrected chi connectivity index (χ1v) is 9.98. The maximum atomic E-state index is 11.7. The minimum Gasteiger partial charge on any atom is -0.378 e. The Kier molecular flexibility index (Phi) is 9.83. The molecule has 28 heavy (non-hydrogen) atoms. The van der Waals surface area contributed by atoms with Crippen LogP contribution in [-0.2, 0) is 16.1 Å². The van der Waals surface area contributed by atoms with Crippen molar-refractivity contribution in [3.8, 4) is 0 Å². The molecular weight excluding hydrogens is 469 g/mol. The molecule has 0 atom stereocenters. The number of ether oxygens (including phenoxy) is 1. The van der Waals surface area contributed by atoms with E-state index in [0.29, 0.717) is 19.6 Å². The fourth-order valence-electron chi connectivity index (χ4n) is 3.12. The number of rotatable bonds is 8. The Bertz CT molecular complexity index is 645. The van der Waals surface area contributed by atoms with Crippen LogP contribution in [0.4, 0.5) is 5.69 Å². The second-order valence-corrected chi connectivity index (χ2v) is 6.92. The SMILES string of the molecule is CCNC(=NCc1ccccc1N1CCOCC1)NCCNC(=O)C1CC1.I. The van der Waals surface area contributed by atoms with Crippen LogP contribution in [0.3, 0.4) is 0 Å². The topological polar surface area (TPSA) is 78.0 Å². The van der Waals surface area contributed by atoms with Crippen molar-refractivity contribution in [2.45, 2.75) is 26.3 Å². The number of carbonyl (C=O) groups excluding carboxylic acids is 1. The zero-order valence-corrected chi connectivity index (χ0v) is 18.9. The van der Waals surface area contributed by atoms with Gasteiger partial charge < -0.3 is 25.6 Å². The molecule has 1 heterocycles. The summed E-state index contributed by atoms with van der Waals surface area (Å²) in [4.78, 5) is 18.8. The number of nitrogens with one attached hydrogen (secondary N) is 3. The molecule has 2 fully saturated rings. The van der Waals surface area contributed by atoms with Crippen molar-refractivity contribution in [2.24, 2.45) is 10.9 Å². The first kappa shape index (κ1) is 22.7. The highest BCUT2D eigenvalue weighted by atomic mass is 127. The summed E-state index contributed by atoms with van der Waals surface area (Å²) in [6, 6.07) is 8.42. The summed E-state index contributed by atoms with van der Waals surface area (Å²) in [6.07, 6.45) is 2.07. The highest BCUT2D eigenvalue weighted by molar-refractivity contribution is 14.0. The number of carbonyl (C=O) groups is 1. The highest BCUT2D eigenvalue weighted by Gasteiger charge is 2.28. The smallest absolute Gasteiger partial charge is 0.223 e. The summed E-state index contributed by atoms with van der Waals surface area (Å²) in [7, 11) is 0. The Labute approximate surface area is 184 Å². The van der Waals surface area contributed by atoms with E-state index in [1.54, 1.807) is 0 Å². The van der Waals surface area contributed by atoms with Gasteiger partial charge in [-0.15, -0.1) is 24.0 Å². The summed E-state index contributed by atoms with van der Waals surface area (Å²) >= 11 is 0. The molecule has 0 radical (unpaired) electrons. The molecule has 1 saturated carbocycles. The monoisotopic (exact) mass is 501 g/mol. The molecule has 1 aromatic carbocycles. The molecule has 1 aromatic rings. The fourth-order valence-corrected chi connectivity index (χ4v) is 3.12. The van der Waals surface area contributed by atoms with Crippen molar-refractivity contribution in [3.05, 3.63) is 29.8 Å². The van der Waals surface area contributed by atoms with Crippen LogP contribution in [0.2, 0.25) is 0 Å². The molecule has 1 saturated heterocycles. The summed E-state index contributed by atoms with van der Waals surface area (Å²) < 4.78 is 5.46. The number of morpholine rings is 1. The van der Waals surface area contributed by atoms with Crippen LogP contribution < -0.4 is 20.9 Å². The lowest BCUT2D eigenvalue weighted by Gasteiger charge is -2.30. The Balaban J connectivity index is 0.00000280. The lowest BCUT2D eigenvalue weighted by Crippen LogP contribution is -2.41. The molecule has 0 bridgehead atoms. The van der Waals surface area contributed by atoms with E-state index in [9.17, 15) is 4.79 Å². The van der Waals surface area contributed by atoms with Gasteiger partial charge in [0.05, 0.1) is 19.8 Å². The number of benzene rings is 1. The van der Waals surface area contributed by atoms with Crippen molar-refractivity contribution >= 4 is 41.5 Å².